The second-order valence-corrected chi connectivity index (χ2v) is 5.31. The van der Waals surface area contributed by atoms with E-state index in [4.69, 9.17) is 17.3 Å². The first-order valence-corrected chi connectivity index (χ1v) is 6.48. The monoisotopic (exact) mass is 242 g/mol. The van der Waals surface area contributed by atoms with Crippen LogP contribution in [0, 0.1) is 0 Å². The lowest BCUT2D eigenvalue weighted by molar-refractivity contribution is 0.651. The zero-order chi connectivity index (χ0) is 10.8. The summed E-state index contributed by atoms with van der Waals surface area (Å²) in [5.41, 5.74) is 6.99. The molecule has 0 fully saturated rings. The van der Waals surface area contributed by atoms with Crippen molar-refractivity contribution in [2.75, 3.05) is 23.7 Å². The van der Waals surface area contributed by atoms with Crippen molar-refractivity contribution in [1.82, 2.24) is 0 Å². The molecule has 0 aromatic heterocycles. The van der Waals surface area contributed by atoms with Crippen LogP contribution in [0.1, 0.15) is 6.92 Å². The standard InChI is InChI=1S/C11H15ClN2S/c1-8(7-13)14-4-5-15-11-6-9(12)2-3-10(11)14/h2-3,6,8H,4-5,7,13H2,1H3. The molecule has 0 radical (unpaired) electrons. The normalized spacial score (nSPS) is 17.4. The van der Waals surface area contributed by atoms with E-state index in [9.17, 15) is 0 Å². The third-order valence-electron chi connectivity index (χ3n) is 2.69. The van der Waals surface area contributed by atoms with Crippen LogP contribution >= 0.6 is 23.4 Å². The fourth-order valence-corrected chi connectivity index (χ4v) is 3.09. The van der Waals surface area contributed by atoms with E-state index in [1.807, 2.05) is 23.9 Å². The first-order chi connectivity index (χ1) is 7.22. The van der Waals surface area contributed by atoms with Gasteiger partial charge in [-0.25, -0.2) is 0 Å². The minimum atomic E-state index is 0.394. The highest BCUT2D eigenvalue weighted by Gasteiger charge is 2.20. The predicted molar refractivity (Wildman–Crippen MR) is 68.0 cm³/mol. The van der Waals surface area contributed by atoms with E-state index in [2.05, 4.69) is 17.9 Å². The third kappa shape index (κ3) is 2.25. The van der Waals surface area contributed by atoms with Crippen LogP contribution in [0.5, 0.6) is 0 Å². The van der Waals surface area contributed by atoms with Crippen molar-refractivity contribution < 1.29 is 0 Å². The van der Waals surface area contributed by atoms with Gasteiger partial charge >= 0.3 is 0 Å². The summed E-state index contributed by atoms with van der Waals surface area (Å²) in [5.74, 6) is 1.11. The summed E-state index contributed by atoms with van der Waals surface area (Å²) in [5, 5.41) is 0.809. The summed E-state index contributed by atoms with van der Waals surface area (Å²) >= 11 is 7.85. The van der Waals surface area contributed by atoms with Gasteiger partial charge in [-0.3, -0.25) is 0 Å². The molecule has 4 heteroatoms. The Balaban J connectivity index is 2.34. The summed E-state index contributed by atoms with van der Waals surface area (Å²) in [4.78, 5) is 3.64. The molecule has 1 unspecified atom stereocenters. The molecule has 2 rings (SSSR count). The number of benzene rings is 1. The van der Waals surface area contributed by atoms with E-state index < -0.39 is 0 Å². The van der Waals surface area contributed by atoms with Gasteiger partial charge in [-0.05, 0) is 25.1 Å². The Hall–Kier alpha value is -0.380. The average Bonchev–Trinajstić information content (AvgIpc) is 2.26. The van der Waals surface area contributed by atoms with Crippen molar-refractivity contribution in [2.24, 2.45) is 5.73 Å². The molecule has 0 saturated carbocycles. The van der Waals surface area contributed by atoms with Gasteiger partial charge in [0.05, 0.1) is 5.69 Å². The zero-order valence-corrected chi connectivity index (χ0v) is 10.3. The summed E-state index contributed by atoms with van der Waals surface area (Å²) < 4.78 is 0. The fourth-order valence-electron chi connectivity index (χ4n) is 1.80. The molecule has 2 N–H and O–H groups in total. The quantitative estimate of drug-likeness (QED) is 0.865. The highest BCUT2D eigenvalue weighted by Crippen LogP contribution is 2.37. The van der Waals surface area contributed by atoms with Crippen LogP contribution in [0.3, 0.4) is 0 Å². The van der Waals surface area contributed by atoms with Gasteiger partial charge in [0.1, 0.15) is 0 Å². The lowest BCUT2D eigenvalue weighted by Gasteiger charge is -2.35. The van der Waals surface area contributed by atoms with Crippen LogP contribution in [-0.2, 0) is 0 Å². The number of anilines is 1. The molecule has 1 aromatic carbocycles. The maximum Gasteiger partial charge on any atom is 0.0508 e. The van der Waals surface area contributed by atoms with E-state index in [0.717, 1.165) is 17.3 Å². The highest BCUT2D eigenvalue weighted by molar-refractivity contribution is 7.99. The van der Waals surface area contributed by atoms with Crippen LogP contribution < -0.4 is 10.6 Å². The summed E-state index contributed by atoms with van der Waals surface area (Å²) in [6.45, 7) is 3.92. The van der Waals surface area contributed by atoms with E-state index in [1.54, 1.807) is 0 Å². The number of halogens is 1. The van der Waals surface area contributed by atoms with Crippen molar-refractivity contribution in [3.05, 3.63) is 23.2 Å². The molecule has 82 valence electrons. The Labute approximate surface area is 99.8 Å². The van der Waals surface area contributed by atoms with Crippen molar-refractivity contribution >= 4 is 29.1 Å². The summed E-state index contributed by atoms with van der Waals surface area (Å²) in [6, 6.07) is 6.47. The average molecular weight is 243 g/mol. The number of nitrogens with two attached hydrogens (primary N) is 1. The molecule has 1 aliphatic rings. The van der Waals surface area contributed by atoms with Crippen molar-refractivity contribution in [3.8, 4) is 0 Å². The molecule has 1 atom stereocenters. The molecule has 1 heterocycles. The fraction of sp³-hybridized carbons (Fsp3) is 0.455. The van der Waals surface area contributed by atoms with Crippen molar-refractivity contribution in [3.63, 3.8) is 0 Å². The zero-order valence-electron chi connectivity index (χ0n) is 8.74. The minimum Gasteiger partial charge on any atom is -0.366 e. The molecule has 0 bridgehead atoms. The second-order valence-electron chi connectivity index (χ2n) is 3.74. The summed E-state index contributed by atoms with van der Waals surface area (Å²) in [6.07, 6.45) is 0. The smallest absolute Gasteiger partial charge is 0.0508 e. The van der Waals surface area contributed by atoms with Crippen LogP contribution in [0.2, 0.25) is 5.02 Å². The van der Waals surface area contributed by atoms with Crippen LogP contribution in [0.25, 0.3) is 0 Å². The van der Waals surface area contributed by atoms with Gasteiger partial charge in [0.2, 0.25) is 0 Å². The molecule has 1 aromatic rings. The molecule has 0 spiro atoms. The van der Waals surface area contributed by atoms with Gasteiger partial charge in [-0.15, -0.1) is 11.8 Å². The van der Waals surface area contributed by atoms with Gasteiger partial charge in [-0.2, -0.15) is 0 Å². The highest BCUT2D eigenvalue weighted by atomic mass is 35.5. The molecule has 0 aliphatic carbocycles. The first kappa shape index (κ1) is 11.1. The second kappa shape index (κ2) is 4.64. The molecule has 2 nitrogen and oxygen atoms in total. The van der Waals surface area contributed by atoms with Crippen molar-refractivity contribution in [2.45, 2.75) is 17.9 Å². The number of rotatable bonds is 2. The Morgan fingerprint density at radius 2 is 2.40 bits per heavy atom. The lowest BCUT2D eigenvalue weighted by atomic mass is 10.2. The van der Waals surface area contributed by atoms with Gasteiger partial charge in [0.15, 0.2) is 0 Å². The Bertz CT molecular complexity index is 356. The van der Waals surface area contributed by atoms with E-state index in [-0.39, 0.29) is 0 Å². The third-order valence-corrected chi connectivity index (χ3v) is 3.95. The molecular weight excluding hydrogens is 228 g/mol. The molecule has 0 saturated heterocycles. The molecule has 1 aliphatic heterocycles. The Kier molecular flexibility index (Phi) is 3.44. The first-order valence-electron chi connectivity index (χ1n) is 5.11. The SMILES string of the molecule is CC(CN)N1CCSc2cc(Cl)ccc21. The number of hydrogen-bond acceptors (Lipinski definition) is 3. The summed E-state index contributed by atoms with van der Waals surface area (Å²) in [7, 11) is 0. The number of fused-ring (bicyclic) bond motifs is 1. The van der Waals surface area contributed by atoms with Crippen LogP contribution in [0.4, 0.5) is 5.69 Å². The van der Waals surface area contributed by atoms with Gasteiger partial charge in [-0.1, -0.05) is 11.6 Å². The number of thioether (sulfide) groups is 1. The molecule has 0 amide bonds. The van der Waals surface area contributed by atoms with Gasteiger partial charge in [0, 0.05) is 34.8 Å². The molecular formula is C11H15ClN2S. The van der Waals surface area contributed by atoms with Gasteiger partial charge in [0.25, 0.3) is 0 Å². The maximum absolute atomic E-state index is 5.98. The van der Waals surface area contributed by atoms with Crippen LogP contribution in [0.15, 0.2) is 23.1 Å². The number of hydrogen-bond donors (Lipinski definition) is 1. The van der Waals surface area contributed by atoms with Crippen molar-refractivity contribution in [1.29, 1.82) is 0 Å². The lowest BCUT2D eigenvalue weighted by Crippen LogP contribution is -2.41. The van der Waals surface area contributed by atoms with E-state index in [1.165, 1.54) is 10.6 Å². The van der Waals surface area contributed by atoms with Gasteiger partial charge < -0.3 is 10.6 Å². The minimum absolute atomic E-state index is 0.394. The number of nitrogens with zero attached hydrogens (tertiary/aromatic N) is 1. The van der Waals surface area contributed by atoms with Crippen LogP contribution in [-0.4, -0.2) is 24.9 Å². The topological polar surface area (TPSA) is 29.3 Å². The van der Waals surface area contributed by atoms with E-state index >= 15 is 0 Å². The largest absolute Gasteiger partial charge is 0.366 e. The molecule has 15 heavy (non-hydrogen) atoms. The van der Waals surface area contributed by atoms with E-state index in [0.29, 0.717) is 12.6 Å². The Morgan fingerprint density at radius 1 is 1.60 bits per heavy atom. The Morgan fingerprint density at radius 3 is 3.13 bits per heavy atom. The predicted octanol–water partition coefficient (Wildman–Crippen LogP) is 2.60. The maximum atomic E-state index is 5.98.